The van der Waals surface area contributed by atoms with Crippen LogP contribution in [0.25, 0.3) is 28.6 Å². The summed E-state index contributed by atoms with van der Waals surface area (Å²) in [6.45, 7) is 0. The van der Waals surface area contributed by atoms with Crippen LogP contribution in [0.3, 0.4) is 0 Å². The van der Waals surface area contributed by atoms with Gasteiger partial charge in [-0.25, -0.2) is 4.98 Å². The van der Waals surface area contributed by atoms with Crippen LogP contribution in [0.15, 0.2) is 73.2 Å². The Morgan fingerprint density at radius 2 is 1.30 bits per heavy atom. The first-order valence-electron chi connectivity index (χ1n) is 7.13. The van der Waals surface area contributed by atoms with Gasteiger partial charge in [0, 0.05) is 18.6 Å². The number of aromatic nitrogens is 6. The Bertz CT molecular complexity index is 847. The molecule has 0 atom stereocenters. The molecule has 4 heterocycles. The van der Waals surface area contributed by atoms with Crippen LogP contribution in [-0.2, 0) is 0 Å². The van der Waals surface area contributed by atoms with Crippen LogP contribution < -0.4 is 0 Å². The van der Waals surface area contributed by atoms with E-state index in [1.165, 1.54) is 0 Å². The lowest BCUT2D eigenvalue weighted by atomic mass is 10.1. The van der Waals surface area contributed by atoms with Gasteiger partial charge in [0.05, 0.1) is 11.4 Å². The smallest absolute Gasteiger partial charge is 0.155 e. The fourth-order valence-corrected chi connectivity index (χ4v) is 2.33. The molecule has 110 valence electrons. The molecule has 0 N–H and O–H groups in total. The Labute approximate surface area is 132 Å². The zero-order valence-electron chi connectivity index (χ0n) is 12.1. The third kappa shape index (κ3) is 2.46. The Morgan fingerprint density at radius 1 is 0.652 bits per heavy atom. The molecule has 0 aliphatic heterocycles. The van der Waals surface area contributed by atoms with E-state index in [9.17, 15) is 0 Å². The van der Waals surface area contributed by atoms with Gasteiger partial charge in [-0.2, -0.15) is 4.68 Å². The van der Waals surface area contributed by atoms with Crippen LogP contribution in [0.4, 0.5) is 0 Å². The molecule has 4 rings (SSSR count). The van der Waals surface area contributed by atoms with Gasteiger partial charge in [-0.15, -0.1) is 5.10 Å². The first kappa shape index (κ1) is 13.3. The van der Waals surface area contributed by atoms with Gasteiger partial charge in [-0.1, -0.05) is 23.4 Å². The quantitative estimate of drug-likeness (QED) is 0.582. The first-order valence-corrected chi connectivity index (χ1v) is 7.13. The average Bonchev–Trinajstić information content (AvgIpc) is 3.09. The molecule has 4 aromatic rings. The minimum atomic E-state index is 0.676. The molecule has 0 saturated heterocycles. The van der Waals surface area contributed by atoms with E-state index in [1.807, 2.05) is 54.6 Å². The van der Waals surface area contributed by atoms with Crippen LogP contribution >= 0.6 is 0 Å². The Hall–Kier alpha value is -3.41. The lowest BCUT2D eigenvalue weighted by molar-refractivity contribution is 0.785. The van der Waals surface area contributed by atoms with E-state index in [-0.39, 0.29) is 0 Å². The minimum Gasteiger partial charge on any atom is -0.255 e. The Morgan fingerprint density at radius 3 is 1.91 bits per heavy atom. The zero-order chi connectivity index (χ0) is 15.5. The molecule has 0 aliphatic rings. The highest BCUT2D eigenvalue weighted by atomic mass is 15.5. The highest BCUT2D eigenvalue weighted by molar-refractivity contribution is 5.75. The summed E-state index contributed by atoms with van der Waals surface area (Å²) in [5.74, 6) is 0.683. The third-order valence-electron chi connectivity index (χ3n) is 3.35. The molecule has 23 heavy (non-hydrogen) atoms. The molecule has 0 unspecified atom stereocenters. The van der Waals surface area contributed by atoms with E-state index in [4.69, 9.17) is 0 Å². The van der Waals surface area contributed by atoms with Crippen LogP contribution in [-0.4, -0.2) is 29.9 Å². The molecule has 4 aromatic heterocycles. The van der Waals surface area contributed by atoms with Crippen LogP contribution in [0, 0.1) is 0 Å². The number of rotatable bonds is 3. The molecule has 0 radical (unpaired) electrons. The lowest BCUT2D eigenvalue weighted by Gasteiger charge is -2.06. The van der Waals surface area contributed by atoms with Gasteiger partial charge >= 0.3 is 0 Å². The number of pyridine rings is 3. The second kappa shape index (κ2) is 5.76. The maximum absolute atomic E-state index is 4.44. The predicted molar refractivity (Wildman–Crippen MR) is 85.6 cm³/mol. The molecule has 6 heteroatoms. The molecular weight excluding hydrogens is 288 g/mol. The van der Waals surface area contributed by atoms with E-state index < -0.39 is 0 Å². The predicted octanol–water partition coefficient (Wildman–Crippen LogP) is 2.79. The highest BCUT2D eigenvalue weighted by Gasteiger charge is 2.19. The summed E-state index contributed by atoms with van der Waals surface area (Å²) in [7, 11) is 0. The summed E-state index contributed by atoms with van der Waals surface area (Å²) in [6, 6.07) is 17.1. The maximum atomic E-state index is 4.44. The molecule has 0 fully saturated rings. The van der Waals surface area contributed by atoms with Crippen molar-refractivity contribution in [2.24, 2.45) is 0 Å². The summed E-state index contributed by atoms with van der Waals surface area (Å²) in [4.78, 5) is 13.2. The van der Waals surface area contributed by atoms with Gasteiger partial charge in [-0.05, 0) is 36.4 Å². The second-order valence-electron chi connectivity index (χ2n) is 4.82. The van der Waals surface area contributed by atoms with E-state index in [1.54, 1.807) is 23.3 Å². The Balaban J connectivity index is 1.97. The van der Waals surface area contributed by atoms with Crippen molar-refractivity contribution in [2.45, 2.75) is 0 Å². The fourth-order valence-electron chi connectivity index (χ4n) is 2.33. The zero-order valence-corrected chi connectivity index (χ0v) is 12.1. The molecule has 0 amide bonds. The summed E-state index contributed by atoms with van der Waals surface area (Å²) in [6.07, 6.45) is 5.20. The summed E-state index contributed by atoms with van der Waals surface area (Å²) in [5.41, 5.74) is 2.96. The summed E-state index contributed by atoms with van der Waals surface area (Å²) < 4.78 is 1.69. The largest absolute Gasteiger partial charge is 0.255 e. The molecule has 0 bridgehead atoms. The third-order valence-corrected chi connectivity index (χ3v) is 3.35. The van der Waals surface area contributed by atoms with Crippen molar-refractivity contribution in [3.63, 3.8) is 0 Å². The van der Waals surface area contributed by atoms with E-state index >= 15 is 0 Å². The van der Waals surface area contributed by atoms with Crippen molar-refractivity contribution in [1.82, 2.24) is 29.9 Å². The maximum Gasteiger partial charge on any atom is 0.155 e. The monoisotopic (exact) mass is 300 g/mol. The summed E-state index contributed by atoms with van der Waals surface area (Å²) in [5, 5.41) is 8.57. The molecule has 0 aliphatic carbocycles. The van der Waals surface area contributed by atoms with E-state index in [0.29, 0.717) is 11.5 Å². The van der Waals surface area contributed by atoms with E-state index in [2.05, 4.69) is 25.3 Å². The topological polar surface area (TPSA) is 69.4 Å². The molecule has 0 aromatic carbocycles. The van der Waals surface area contributed by atoms with Crippen LogP contribution in [0.5, 0.6) is 0 Å². The van der Waals surface area contributed by atoms with Gasteiger partial charge in [0.15, 0.2) is 5.82 Å². The van der Waals surface area contributed by atoms with Crippen molar-refractivity contribution in [3.8, 4) is 28.6 Å². The van der Waals surface area contributed by atoms with Crippen molar-refractivity contribution in [1.29, 1.82) is 0 Å². The minimum absolute atomic E-state index is 0.676. The average molecular weight is 300 g/mol. The van der Waals surface area contributed by atoms with E-state index in [0.717, 1.165) is 17.1 Å². The number of nitrogens with zero attached hydrogens (tertiary/aromatic N) is 6. The van der Waals surface area contributed by atoms with Gasteiger partial charge in [0.2, 0.25) is 0 Å². The first-order chi connectivity index (χ1) is 11.4. The number of hydrogen-bond donors (Lipinski definition) is 0. The summed E-state index contributed by atoms with van der Waals surface area (Å²) >= 11 is 0. The molecule has 6 nitrogen and oxygen atoms in total. The molecular formula is C17H12N6. The number of hydrogen-bond acceptors (Lipinski definition) is 5. The second-order valence-corrected chi connectivity index (χ2v) is 4.82. The van der Waals surface area contributed by atoms with Crippen molar-refractivity contribution < 1.29 is 0 Å². The van der Waals surface area contributed by atoms with Crippen LogP contribution in [0.1, 0.15) is 0 Å². The normalized spacial score (nSPS) is 10.6. The van der Waals surface area contributed by atoms with Crippen LogP contribution in [0.2, 0.25) is 0 Å². The van der Waals surface area contributed by atoms with Gasteiger partial charge < -0.3 is 0 Å². The highest BCUT2D eigenvalue weighted by Crippen LogP contribution is 2.29. The van der Waals surface area contributed by atoms with Crippen molar-refractivity contribution in [3.05, 3.63) is 73.2 Å². The van der Waals surface area contributed by atoms with Gasteiger partial charge in [-0.3, -0.25) is 9.97 Å². The fraction of sp³-hybridized carbons (Fsp3) is 0. The standard InChI is InChI=1S/C17H12N6/c1-4-10-18-13(7-1)16-17(14-8-2-5-11-19-14)23(22-21-16)15-9-3-6-12-20-15/h1-12H. The van der Waals surface area contributed by atoms with Gasteiger partial charge in [0.25, 0.3) is 0 Å². The van der Waals surface area contributed by atoms with Crippen molar-refractivity contribution in [2.75, 3.05) is 0 Å². The lowest BCUT2D eigenvalue weighted by Crippen LogP contribution is -2.02. The van der Waals surface area contributed by atoms with Crippen molar-refractivity contribution >= 4 is 0 Å². The SMILES string of the molecule is c1ccc(-c2nnn(-c3ccccn3)c2-c2ccccn2)nc1. The van der Waals surface area contributed by atoms with Gasteiger partial charge in [0.1, 0.15) is 11.4 Å². The molecule has 0 spiro atoms. The molecule has 0 saturated carbocycles. The Kier molecular flexibility index (Phi) is 3.32.